The highest BCUT2D eigenvalue weighted by Gasteiger charge is 2.05. The van der Waals surface area contributed by atoms with Crippen molar-refractivity contribution < 1.29 is 4.74 Å². The van der Waals surface area contributed by atoms with Crippen LogP contribution in [0, 0.1) is 6.92 Å². The van der Waals surface area contributed by atoms with Crippen molar-refractivity contribution in [3.63, 3.8) is 0 Å². The van der Waals surface area contributed by atoms with E-state index in [1.54, 1.807) is 6.20 Å². The topological polar surface area (TPSA) is 22.1 Å². The number of aryl methyl sites for hydroxylation is 1. The molecule has 1 unspecified atom stereocenters. The molecule has 1 rings (SSSR count). The molecule has 0 saturated heterocycles. The van der Waals surface area contributed by atoms with Crippen LogP contribution in [0.15, 0.2) is 16.7 Å². The molecule has 1 aromatic heterocycles. The van der Waals surface area contributed by atoms with Gasteiger partial charge in [0.05, 0.1) is 6.10 Å². The third-order valence-corrected chi connectivity index (χ3v) is 2.32. The van der Waals surface area contributed by atoms with Gasteiger partial charge in [-0.2, -0.15) is 0 Å². The molecule has 0 aliphatic heterocycles. The maximum absolute atomic E-state index is 5.62. The Morgan fingerprint density at radius 2 is 2.31 bits per heavy atom. The SMILES string of the molecule is CCC(C)Oc1ncc(Br)cc1C. The van der Waals surface area contributed by atoms with E-state index < -0.39 is 0 Å². The summed E-state index contributed by atoms with van der Waals surface area (Å²) in [5.74, 6) is 0.734. The molecule has 0 aliphatic carbocycles. The first kappa shape index (κ1) is 10.5. The number of ether oxygens (including phenoxy) is 1. The van der Waals surface area contributed by atoms with Crippen LogP contribution < -0.4 is 4.74 Å². The van der Waals surface area contributed by atoms with Crippen LogP contribution in [0.5, 0.6) is 5.88 Å². The predicted molar refractivity (Wildman–Crippen MR) is 57.1 cm³/mol. The van der Waals surface area contributed by atoms with Crippen molar-refractivity contribution in [1.82, 2.24) is 4.98 Å². The third kappa shape index (κ3) is 2.99. The van der Waals surface area contributed by atoms with Crippen LogP contribution in [-0.2, 0) is 0 Å². The number of rotatable bonds is 3. The minimum absolute atomic E-state index is 0.229. The predicted octanol–water partition coefficient (Wildman–Crippen LogP) is 3.33. The summed E-state index contributed by atoms with van der Waals surface area (Å²) in [5, 5.41) is 0. The van der Waals surface area contributed by atoms with Gasteiger partial charge in [-0.25, -0.2) is 4.98 Å². The van der Waals surface area contributed by atoms with Crippen LogP contribution in [0.3, 0.4) is 0 Å². The van der Waals surface area contributed by atoms with Crippen LogP contribution in [0.1, 0.15) is 25.8 Å². The van der Waals surface area contributed by atoms with Gasteiger partial charge in [-0.1, -0.05) is 6.92 Å². The van der Waals surface area contributed by atoms with Crippen LogP contribution >= 0.6 is 15.9 Å². The first-order chi connectivity index (χ1) is 6.13. The Morgan fingerprint density at radius 3 is 2.85 bits per heavy atom. The summed E-state index contributed by atoms with van der Waals surface area (Å²) >= 11 is 3.36. The molecule has 1 aromatic rings. The van der Waals surface area contributed by atoms with Gasteiger partial charge in [0, 0.05) is 16.2 Å². The molecule has 0 amide bonds. The highest BCUT2D eigenvalue weighted by atomic mass is 79.9. The first-order valence-electron chi connectivity index (χ1n) is 4.42. The smallest absolute Gasteiger partial charge is 0.216 e. The van der Waals surface area contributed by atoms with Gasteiger partial charge < -0.3 is 4.74 Å². The van der Waals surface area contributed by atoms with E-state index in [1.165, 1.54) is 0 Å². The molecule has 13 heavy (non-hydrogen) atoms. The maximum atomic E-state index is 5.62. The lowest BCUT2D eigenvalue weighted by atomic mass is 10.3. The zero-order valence-electron chi connectivity index (χ0n) is 8.17. The number of nitrogens with zero attached hydrogens (tertiary/aromatic N) is 1. The highest BCUT2D eigenvalue weighted by molar-refractivity contribution is 9.10. The van der Waals surface area contributed by atoms with E-state index >= 15 is 0 Å². The summed E-state index contributed by atoms with van der Waals surface area (Å²) in [4.78, 5) is 4.20. The second kappa shape index (κ2) is 4.61. The quantitative estimate of drug-likeness (QED) is 0.813. The minimum atomic E-state index is 0.229. The van der Waals surface area contributed by atoms with Gasteiger partial charge in [-0.15, -0.1) is 0 Å². The highest BCUT2D eigenvalue weighted by Crippen LogP contribution is 2.20. The van der Waals surface area contributed by atoms with E-state index in [0.717, 1.165) is 22.3 Å². The summed E-state index contributed by atoms with van der Waals surface area (Å²) in [5.41, 5.74) is 1.06. The van der Waals surface area contributed by atoms with Crippen molar-refractivity contribution in [1.29, 1.82) is 0 Å². The standard InChI is InChI=1S/C10H14BrNO/c1-4-8(3)13-10-7(2)5-9(11)6-12-10/h5-6,8H,4H2,1-3H3. The largest absolute Gasteiger partial charge is 0.474 e. The van der Waals surface area contributed by atoms with E-state index in [-0.39, 0.29) is 6.10 Å². The Kier molecular flexibility index (Phi) is 3.72. The fourth-order valence-corrected chi connectivity index (χ4v) is 1.37. The van der Waals surface area contributed by atoms with E-state index in [9.17, 15) is 0 Å². The number of aromatic nitrogens is 1. The third-order valence-electron chi connectivity index (χ3n) is 1.88. The van der Waals surface area contributed by atoms with Crippen molar-refractivity contribution in [2.75, 3.05) is 0 Å². The lowest BCUT2D eigenvalue weighted by molar-refractivity contribution is 0.207. The van der Waals surface area contributed by atoms with Crippen LogP contribution in [-0.4, -0.2) is 11.1 Å². The number of pyridine rings is 1. The van der Waals surface area contributed by atoms with Gasteiger partial charge in [-0.3, -0.25) is 0 Å². The molecule has 2 nitrogen and oxygen atoms in total. The van der Waals surface area contributed by atoms with Gasteiger partial charge >= 0.3 is 0 Å². The summed E-state index contributed by atoms with van der Waals surface area (Å²) in [6, 6.07) is 2.00. The molecule has 0 spiro atoms. The zero-order chi connectivity index (χ0) is 9.84. The monoisotopic (exact) mass is 243 g/mol. The van der Waals surface area contributed by atoms with Crippen molar-refractivity contribution in [3.8, 4) is 5.88 Å². The second-order valence-electron chi connectivity index (χ2n) is 3.11. The fourth-order valence-electron chi connectivity index (χ4n) is 0.925. The Bertz CT molecular complexity index is 288. The van der Waals surface area contributed by atoms with E-state index in [2.05, 4.69) is 27.8 Å². The van der Waals surface area contributed by atoms with E-state index in [1.807, 2.05) is 19.9 Å². The van der Waals surface area contributed by atoms with Gasteiger partial charge in [0.2, 0.25) is 5.88 Å². The van der Waals surface area contributed by atoms with Gasteiger partial charge in [0.25, 0.3) is 0 Å². The summed E-state index contributed by atoms with van der Waals surface area (Å²) in [6.07, 6.45) is 2.98. The molecule has 3 heteroatoms. The molecular formula is C10H14BrNO. The number of hydrogen-bond acceptors (Lipinski definition) is 2. The Labute approximate surface area is 87.5 Å². The molecule has 0 N–H and O–H groups in total. The lowest BCUT2D eigenvalue weighted by Crippen LogP contribution is -2.11. The molecule has 1 heterocycles. The molecule has 0 fully saturated rings. The molecular weight excluding hydrogens is 230 g/mol. The molecule has 72 valence electrons. The van der Waals surface area contributed by atoms with Gasteiger partial charge in [0.1, 0.15) is 0 Å². The average Bonchev–Trinajstić information content (AvgIpc) is 2.09. The number of hydrogen-bond donors (Lipinski definition) is 0. The molecule has 0 bridgehead atoms. The molecule has 0 radical (unpaired) electrons. The number of halogens is 1. The summed E-state index contributed by atoms with van der Waals surface area (Å²) < 4.78 is 6.60. The Hall–Kier alpha value is -0.570. The zero-order valence-corrected chi connectivity index (χ0v) is 9.76. The van der Waals surface area contributed by atoms with Crippen molar-refractivity contribution in [2.45, 2.75) is 33.3 Å². The van der Waals surface area contributed by atoms with Crippen LogP contribution in [0.2, 0.25) is 0 Å². The molecule has 0 saturated carbocycles. The fraction of sp³-hybridized carbons (Fsp3) is 0.500. The van der Waals surface area contributed by atoms with Crippen LogP contribution in [0.4, 0.5) is 0 Å². The average molecular weight is 244 g/mol. The second-order valence-corrected chi connectivity index (χ2v) is 4.03. The van der Waals surface area contributed by atoms with E-state index in [4.69, 9.17) is 4.74 Å². The normalized spacial score (nSPS) is 12.6. The molecule has 0 aromatic carbocycles. The Morgan fingerprint density at radius 1 is 1.62 bits per heavy atom. The minimum Gasteiger partial charge on any atom is -0.474 e. The Balaban J connectivity index is 2.77. The van der Waals surface area contributed by atoms with Gasteiger partial charge in [-0.05, 0) is 42.3 Å². The molecule has 0 aliphatic rings. The van der Waals surface area contributed by atoms with Gasteiger partial charge in [0.15, 0.2) is 0 Å². The summed E-state index contributed by atoms with van der Waals surface area (Å²) in [6.45, 7) is 6.14. The first-order valence-corrected chi connectivity index (χ1v) is 5.21. The summed E-state index contributed by atoms with van der Waals surface area (Å²) in [7, 11) is 0. The van der Waals surface area contributed by atoms with Crippen LogP contribution in [0.25, 0.3) is 0 Å². The van der Waals surface area contributed by atoms with E-state index in [0.29, 0.717) is 0 Å². The maximum Gasteiger partial charge on any atom is 0.216 e. The van der Waals surface area contributed by atoms with Crippen molar-refractivity contribution in [2.24, 2.45) is 0 Å². The van der Waals surface area contributed by atoms with Crippen molar-refractivity contribution in [3.05, 3.63) is 22.3 Å². The molecule has 1 atom stereocenters. The van der Waals surface area contributed by atoms with Crippen molar-refractivity contribution >= 4 is 15.9 Å². The lowest BCUT2D eigenvalue weighted by Gasteiger charge is -2.13.